The van der Waals surface area contributed by atoms with Gasteiger partial charge in [0.25, 0.3) is 0 Å². The normalized spacial score (nSPS) is 10.9. The van der Waals surface area contributed by atoms with Crippen LogP contribution in [0.1, 0.15) is 5.56 Å². The number of ether oxygens (including phenoxy) is 1. The average Bonchev–Trinajstić information content (AvgIpc) is 3.17. The number of carbonyl (C=O) groups is 1. The minimum atomic E-state index is -0.800. The molecule has 9 heteroatoms. The van der Waals surface area contributed by atoms with E-state index in [2.05, 4.69) is 26.3 Å². The number of carbonyl (C=O) groups excluding carboxylic acids is 1. The number of anilines is 2. The summed E-state index contributed by atoms with van der Waals surface area (Å²) in [6.07, 6.45) is 0.558. The molecular formula is C21H13BrClF2N3O2. The zero-order valence-corrected chi connectivity index (χ0v) is 17.5. The third-order valence-corrected chi connectivity index (χ3v) is 5.38. The second-order valence-corrected chi connectivity index (χ2v) is 7.54. The molecule has 4 rings (SSSR count). The molecule has 30 heavy (non-hydrogen) atoms. The maximum atomic E-state index is 15.1. The molecule has 152 valence electrons. The Morgan fingerprint density at radius 1 is 1.17 bits per heavy atom. The van der Waals surface area contributed by atoms with E-state index >= 15 is 4.39 Å². The molecule has 0 saturated heterocycles. The van der Waals surface area contributed by atoms with Crippen molar-refractivity contribution in [2.24, 2.45) is 0 Å². The zero-order chi connectivity index (χ0) is 21.3. The first-order valence-electron chi connectivity index (χ1n) is 8.73. The Morgan fingerprint density at radius 2 is 1.93 bits per heavy atom. The number of nitrogens with zero attached hydrogens (tertiary/aromatic N) is 2. The average molecular weight is 493 g/mol. The number of hydrogen-bond acceptors (Lipinski definition) is 4. The first-order chi connectivity index (χ1) is 14.4. The van der Waals surface area contributed by atoms with Gasteiger partial charge >= 0.3 is 6.09 Å². The van der Waals surface area contributed by atoms with Crippen LogP contribution in [0, 0.1) is 11.6 Å². The molecule has 1 aromatic heterocycles. The van der Waals surface area contributed by atoms with Crippen molar-refractivity contribution < 1.29 is 18.3 Å². The molecule has 0 aliphatic carbocycles. The Morgan fingerprint density at radius 3 is 2.67 bits per heavy atom. The molecule has 0 saturated carbocycles. The SMILES string of the molecule is O=C(OCc1ccccc1)n1ncc2cc(Nc3ccc(F)c(Cl)c3)c(Br)c(F)c21. The van der Waals surface area contributed by atoms with Gasteiger partial charge in [-0.15, -0.1) is 0 Å². The smallest absolute Gasteiger partial charge is 0.435 e. The highest BCUT2D eigenvalue weighted by molar-refractivity contribution is 9.10. The van der Waals surface area contributed by atoms with Crippen LogP contribution in [0.3, 0.4) is 0 Å². The van der Waals surface area contributed by atoms with E-state index in [9.17, 15) is 9.18 Å². The second kappa shape index (κ2) is 8.41. The highest BCUT2D eigenvalue weighted by atomic mass is 79.9. The van der Waals surface area contributed by atoms with Crippen LogP contribution in [0.5, 0.6) is 0 Å². The quantitative estimate of drug-likeness (QED) is 0.346. The van der Waals surface area contributed by atoms with E-state index in [-0.39, 0.29) is 21.6 Å². The molecule has 0 bridgehead atoms. The van der Waals surface area contributed by atoms with Crippen LogP contribution in [0.15, 0.2) is 65.3 Å². The molecule has 1 N–H and O–H groups in total. The van der Waals surface area contributed by atoms with E-state index in [0.717, 1.165) is 10.2 Å². The summed E-state index contributed by atoms with van der Waals surface area (Å²) in [5, 5.41) is 7.25. The fraction of sp³-hybridized carbons (Fsp3) is 0.0476. The van der Waals surface area contributed by atoms with Crippen molar-refractivity contribution in [2.75, 3.05) is 5.32 Å². The fourth-order valence-corrected chi connectivity index (χ4v) is 3.45. The molecule has 0 amide bonds. The van der Waals surface area contributed by atoms with Crippen molar-refractivity contribution in [3.63, 3.8) is 0 Å². The van der Waals surface area contributed by atoms with Gasteiger partial charge in [-0.2, -0.15) is 9.78 Å². The summed E-state index contributed by atoms with van der Waals surface area (Å²) < 4.78 is 34.6. The predicted molar refractivity (Wildman–Crippen MR) is 114 cm³/mol. The third-order valence-electron chi connectivity index (χ3n) is 4.31. The van der Waals surface area contributed by atoms with Gasteiger partial charge in [-0.25, -0.2) is 13.6 Å². The van der Waals surface area contributed by atoms with Gasteiger partial charge in [0.15, 0.2) is 5.82 Å². The summed E-state index contributed by atoms with van der Waals surface area (Å²) in [5.41, 5.74) is 1.60. The lowest BCUT2D eigenvalue weighted by molar-refractivity contribution is 0.139. The van der Waals surface area contributed by atoms with Gasteiger partial charge in [0, 0.05) is 11.1 Å². The predicted octanol–water partition coefficient (Wildman–Crippen LogP) is 6.66. The number of nitrogens with one attached hydrogen (secondary N) is 1. The summed E-state index contributed by atoms with van der Waals surface area (Å²) in [6, 6.07) is 14.8. The standard InChI is InChI=1S/C21H13BrClF2N3O2/c22-18-17(27-14-6-7-16(24)15(23)9-14)8-13-10-26-28(20(13)19(18)25)21(29)30-11-12-4-2-1-3-5-12/h1-10,27H,11H2. The van der Waals surface area contributed by atoms with Gasteiger partial charge < -0.3 is 10.1 Å². The summed E-state index contributed by atoms with van der Waals surface area (Å²) in [4.78, 5) is 12.4. The summed E-state index contributed by atoms with van der Waals surface area (Å²) in [5.74, 6) is -1.25. The minimum absolute atomic E-state index is 0.0253. The van der Waals surface area contributed by atoms with E-state index in [0.29, 0.717) is 16.8 Å². The molecule has 0 spiro atoms. The van der Waals surface area contributed by atoms with Crippen molar-refractivity contribution in [2.45, 2.75) is 6.61 Å². The zero-order valence-electron chi connectivity index (χ0n) is 15.2. The number of hydrogen-bond donors (Lipinski definition) is 1. The van der Waals surface area contributed by atoms with Gasteiger partial charge in [-0.1, -0.05) is 41.9 Å². The maximum Gasteiger partial charge on any atom is 0.435 e. The van der Waals surface area contributed by atoms with Crippen LogP contribution in [0.4, 0.5) is 25.0 Å². The van der Waals surface area contributed by atoms with Gasteiger partial charge in [-0.3, -0.25) is 0 Å². The highest BCUT2D eigenvalue weighted by Crippen LogP contribution is 2.35. The molecule has 4 aromatic rings. The summed E-state index contributed by atoms with van der Waals surface area (Å²) in [7, 11) is 0. The molecular weight excluding hydrogens is 480 g/mol. The molecule has 0 radical (unpaired) electrons. The van der Waals surface area contributed by atoms with Gasteiger partial charge in [0.1, 0.15) is 17.9 Å². The van der Waals surface area contributed by atoms with Crippen molar-refractivity contribution >= 4 is 55.9 Å². The van der Waals surface area contributed by atoms with Crippen LogP contribution in [-0.2, 0) is 11.3 Å². The number of halogens is 4. The van der Waals surface area contributed by atoms with Crippen molar-refractivity contribution in [1.29, 1.82) is 0 Å². The molecule has 0 unspecified atom stereocenters. The molecule has 0 fully saturated rings. The number of rotatable bonds is 4. The molecule has 0 atom stereocenters. The van der Waals surface area contributed by atoms with E-state index in [1.807, 2.05) is 30.3 Å². The van der Waals surface area contributed by atoms with Gasteiger partial charge in [0.05, 0.1) is 21.4 Å². The van der Waals surface area contributed by atoms with E-state index in [1.54, 1.807) is 6.07 Å². The molecule has 0 aliphatic rings. The molecule has 1 heterocycles. The molecule has 3 aromatic carbocycles. The first kappa shape index (κ1) is 20.3. The topological polar surface area (TPSA) is 56.2 Å². The van der Waals surface area contributed by atoms with Crippen LogP contribution in [0.2, 0.25) is 5.02 Å². The Hall–Kier alpha value is -2.97. The number of fused-ring (bicyclic) bond motifs is 1. The van der Waals surface area contributed by atoms with Crippen molar-refractivity contribution in [3.05, 3.63) is 87.5 Å². The number of aromatic nitrogens is 2. The monoisotopic (exact) mass is 491 g/mol. The van der Waals surface area contributed by atoms with Crippen LogP contribution < -0.4 is 5.32 Å². The van der Waals surface area contributed by atoms with E-state index in [1.165, 1.54) is 24.4 Å². The van der Waals surface area contributed by atoms with E-state index in [4.69, 9.17) is 16.3 Å². The summed E-state index contributed by atoms with van der Waals surface area (Å²) in [6.45, 7) is 0.0365. The number of benzene rings is 3. The Balaban J connectivity index is 1.62. The Labute approximate surface area is 183 Å². The van der Waals surface area contributed by atoms with Crippen molar-refractivity contribution in [1.82, 2.24) is 9.78 Å². The van der Waals surface area contributed by atoms with Crippen LogP contribution in [-0.4, -0.2) is 15.9 Å². The lowest BCUT2D eigenvalue weighted by Gasteiger charge is -2.11. The lowest BCUT2D eigenvalue weighted by Crippen LogP contribution is -2.15. The maximum absolute atomic E-state index is 15.1. The van der Waals surface area contributed by atoms with E-state index < -0.39 is 17.7 Å². The van der Waals surface area contributed by atoms with Crippen LogP contribution in [0.25, 0.3) is 10.9 Å². The van der Waals surface area contributed by atoms with Crippen molar-refractivity contribution in [3.8, 4) is 0 Å². The molecule has 5 nitrogen and oxygen atoms in total. The largest absolute Gasteiger partial charge is 0.443 e. The highest BCUT2D eigenvalue weighted by Gasteiger charge is 2.20. The third kappa shape index (κ3) is 4.01. The first-order valence-corrected chi connectivity index (χ1v) is 9.90. The summed E-state index contributed by atoms with van der Waals surface area (Å²) >= 11 is 8.99. The second-order valence-electron chi connectivity index (χ2n) is 6.34. The fourth-order valence-electron chi connectivity index (χ4n) is 2.87. The van der Waals surface area contributed by atoms with Gasteiger partial charge in [0.2, 0.25) is 0 Å². The molecule has 0 aliphatic heterocycles. The lowest BCUT2D eigenvalue weighted by atomic mass is 10.2. The van der Waals surface area contributed by atoms with Gasteiger partial charge in [-0.05, 0) is 45.8 Å². The van der Waals surface area contributed by atoms with Crippen LogP contribution >= 0.6 is 27.5 Å². The Kier molecular flexibility index (Phi) is 5.69. The minimum Gasteiger partial charge on any atom is -0.443 e. The Bertz CT molecular complexity index is 1250.